The molecule has 0 aliphatic heterocycles. The third-order valence-electron chi connectivity index (χ3n) is 3.73. The monoisotopic (exact) mass is 403 g/mol. The Balaban J connectivity index is 2.13. The number of pyridine rings is 2. The van der Waals surface area contributed by atoms with E-state index in [4.69, 9.17) is 0 Å². The van der Waals surface area contributed by atoms with Crippen LogP contribution in [0, 0.1) is 10.1 Å². The van der Waals surface area contributed by atoms with E-state index in [9.17, 15) is 28.1 Å². The smallest absolute Gasteiger partial charge is 0.266 e. The minimum atomic E-state index is -4.75. The second kappa shape index (κ2) is 7.92. The quantitative estimate of drug-likeness (QED) is 0.512. The number of nitrogens with one attached hydrogen (secondary N) is 1. The molecule has 2 aromatic heterocycles. The van der Waals surface area contributed by atoms with E-state index in [0.29, 0.717) is 12.1 Å². The molecule has 0 aliphatic rings. The van der Waals surface area contributed by atoms with Gasteiger partial charge in [0.1, 0.15) is 11.4 Å². The number of nitro groups is 1. The van der Waals surface area contributed by atoms with Gasteiger partial charge in [-0.1, -0.05) is 12.1 Å². The van der Waals surface area contributed by atoms with Crippen LogP contribution in [0.4, 0.5) is 30.4 Å². The summed E-state index contributed by atoms with van der Waals surface area (Å²) in [6, 6.07) is 10.8. The Bertz CT molecular complexity index is 1030. The number of carbonyl (C=O) groups is 1. The summed E-state index contributed by atoms with van der Waals surface area (Å²) < 4.78 is 39.6. The van der Waals surface area contributed by atoms with Crippen LogP contribution in [0.15, 0.2) is 67.0 Å². The number of halogens is 3. The highest BCUT2D eigenvalue weighted by Gasteiger charge is 2.34. The standard InChI is InChI=1S/C18H12F3N5O3/c19-18(20,21)12-7-8-14(26(28)29)15(11-12)25(16-6-2-4-10-23-16)24-17(27)13-5-1-3-9-22-13/h1-11H,(H,24,27). The molecule has 1 aromatic carbocycles. The fourth-order valence-corrected chi connectivity index (χ4v) is 2.42. The van der Waals surface area contributed by atoms with Crippen LogP contribution in [0.25, 0.3) is 0 Å². The summed E-state index contributed by atoms with van der Waals surface area (Å²) in [6.07, 6.45) is -2.06. The van der Waals surface area contributed by atoms with Gasteiger partial charge < -0.3 is 0 Å². The van der Waals surface area contributed by atoms with Gasteiger partial charge in [-0.15, -0.1) is 0 Å². The highest BCUT2D eigenvalue weighted by atomic mass is 19.4. The van der Waals surface area contributed by atoms with Crippen LogP contribution >= 0.6 is 0 Å². The molecule has 11 heteroatoms. The van der Waals surface area contributed by atoms with Crippen LogP contribution in [0.5, 0.6) is 0 Å². The van der Waals surface area contributed by atoms with Crippen molar-refractivity contribution in [3.8, 4) is 0 Å². The molecule has 0 saturated carbocycles. The molecule has 0 atom stereocenters. The van der Waals surface area contributed by atoms with Crippen LogP contribution in [0.3, 0.4) is 0 Å². The zero-order valence-electron chi connectivity index (χ0n) is 14.5. The molecule has 0 unspecified atom stereocenters. The lowest BCUT2D eigenvalue weighted by molar-refractivity contribution is -0.384. The van der Waals surface area contributed by atoms with E-state index in [-0.39, 0.29) is 11.5 Å². The van der Waals surface area contributed by atoms with Gasteiger partial charge >= 0.3 is 6.18 Å². The number of hydrazine groups is 1. The molecular weight excluding hydrogens is 391 g/mol. The van der Waals surface area contributed by atoms with E-state index in [2.05, 4.69) is 15.4 Å². The Labute approximate surface area is 161 Å². The predicted molar refractivity (Wildman–Crippen MR) is 96.2 cm³/mol. The Morgan fingerprint density at radius 3 is 2.28 bits per heavy atom. The molecule has 1 N–H and O–H groups in total. The molecule has 0 spiro atoms. The number of amides is 1. The number of benzene rings is 1. The molecule has 148 valence electrons. The van der Waals surface area contributed by atoms with E-state index < -0.39 is 33.9 Å². The highest BCUT2D eigenvalue weighted by molar-refractivity contribution is 5.94. The van der Waals surface area contributed by atoms with Crippen molar-refractivity contribution in [1.29, 1.82) is 0 Å². The number of nitro benzene ring substituents is 1. The number of carbonyl (C=O) groups excluding carboxylic acids is 1. The average molecular weight is 403 g/mol. The first-order valence-electron chi connectivity index (χ1n) is 8.06. The Hall–Kier alpha value is -4.02. The zero-order chi connectivity index (χ0) is 21.0. The number of aromatic nitrogens is 2. The summed E-state index contributed by atoms with van der Waals surface area (Å²) in [7, 11) is 0. The second-order valence-electron chi connectivity index (χ2n) is 5.64. The minimum Gasteiger partial charge on any atom is -0.266 e. The van der Waals surface area contributed by atoms with Gasteiger partial charge in [0.05, 0.1) is 10.5 Å². The van der Waals surface area contributed by atoms with Crippen LogP contribution in [-0.4, -0.2) is 20.8 Å². The van der Waals surface area contributed by atoms with Crippen molar-refractivity contribution < 1.29 is 22.9 Å². The lowest BCUT2D eigenvalue weighted by atomic mass is 10.1. The first kappa shape index (κ1) is 19.7. The van der Waals surface area contributed by atoms with Crippen LogP contribution in [0.2, 0.25) is 0 Å². The highest BCUT2D eigenvalue weighted by Crippen LogP contribution is 2.38. The summed E-state index contributed by atoms with van der Waals surface area (Å²) in [4.78, 5) is 30.9. The largest absolute Gasteiger partial charge is 0.416 e. The Kier molecular flexibility index (Phi) is 5.39. The fraction of sp³-hybridized carbons (Fsp3) is 0.0556. The van der Waals surface area contributed by atoms with Gasteiger partial charge in [-0.3, -0.25) is 25.3 Å². The van der Waals surface area contributed by atoms with E-state index in [1.54, 1.807) is 18.2 Å². The van der Waals surface area contributed by atoms with Crippen molar-refractivity contribution in [3.63, 3.8) is 0 Å². The molecule has 3 rings (SSSR count). The topological polar surface area (TPSA) is 101 Å². The maximum Gasteiger partial charge on any atom is 0.416 e. The Morgan fingerprint density at radius 2 is 1.72 bits per heavy atom. The van der Waals surface area contributed by atoms with Gasteiger partial charge in [-0.25, -0.2) is 9.99 Å². The fourth-order valence-electron chi connectivity index (χ4n) is 2.42. The summed E-state index contributed by atoms with van der Waals surface area (Å²) in [5.74, 6) is -0.817. The molecule has 8 nitrogen and oxygen atoms in total. The van der Waals surface area contributed by atoms with Crippen molar-refractivity contribution in [3.05, 3.63) is 88.4 Å². The molecule has 0 saturated heterocycles. The van der Waals surface area contributed by atoms with E-state index in [0.717, 1.165) is 11.1 Å². The van der Waals surface area contributed by atoms with Crippen LogP contribution in [0.1, 0.15) is 16.1 Å². The first-order chi connectivity index (χ1) is 13.8. The maximum atomic E-state index is 13.2. The van der Waals surface area contributed by atoms with Gasteiger partial charge in [-0.05, 0) is 36.4 Å². The van der Waals surface area contributed by atoms with Crippen molar-refractivity contribution in [2.24, 2.45) is 0 Å². The summed E-state index contributed by atoms with van der Waals surface area (Å²) >= 11 is 0. The molecule has 29 heavy (non-hydrogen) atoms. The first-order valence-corrected chi connectivity index (χ1v) is 8.06. The molecular formula is C18H12F3N5O3. The number of alkyl halides is 3. The van der Waals surface area contributed by atoms with E-state index >= 15 is 0 Å². The Morgan fingerprint density at radius 1 is 1.03 bits per heavy atom. The molecule has 0 radical (unpaired) electrons. The SMILES string of the molecule is O=C(NN(c1ccccn1)c1cc(C(F)(F)F)ccc1[N+](=O)[O-])c1ccccn1. The van der Waals surface area contributed by atoms with Crippen molar-refractivity contribution in [2.75, 3.05) is 5.01 Å². The average Bonchev–Trinajstić information content (AvgIpc) is 2.72. The van der Waals surface area contributed by atoms with Crippen LogP contribution in [-0.2, 0) is 6.18 Å². The normalized spacial score (nSPS) is 11.0. The van der Waals surface area contributed by atoms with E-state index in [1.807, 2.05) is 0 Å². The number of anilines is 2. The van der Waals surface area contributed by atoms with E-state index in [1.165, 1.54) is 30.6 Å². The summed E-state index contributed by atoms with van der Waals surface area (Å²) in [5, 5.41) is 12.3. The van der Waals surface area contributed by atoms with Gasteiger partial charge in [-0.2, -0.15) is 13.2 Å². The molecule has 0 aliphatic carbocycles. The summed E-state index contributed by atoms with van der Waals surface area (Å²) in [5.41, 5.74) is 0.0244. The second-order valence-corrected chi connectivity index (χ2v) is 5.64. The molecule has 0 fully saturated rings. The number of rotatable bonds is 5. The van der Waals surface area contributed by atoms with Crippen LogP contribution < -0.4 is 10.4 Å². The number of hydrogen-bond acceptors (Lipinski definition) is 6. The number of nitrogens with zero attached hydrogens (tertiary/aromatic N) is 4. The predicted octanol–water partition coefficient (Wildman–Crippen LogP) is 3.89. The van der Waals surface area contributed by atoms with Crippen molar-refractivity contribution in [1.82, 2.24) is 15.4 Å². The maximum absolute atomic E-state index is 13.2. The van der Waals surface area contributed by atoms with Gasteiger partial charge in [0, 0.05) is 18.5 Å². The van der Waals surface area contributed by atoms with Gasteiger partial charge in [0.15, 0.2) is 5.82 Å². The molecule has 3 aromatic rings. The van der Waals surface area contributed by atoms with Crippen molar-refractivity contribution in [2.45, 2.75) is 6.18 Å². The minimum absolute atomic E-state index is 0.0285. The van der Waals surface area contributed by atoms with Crippen molar-refractivity contribution >= 4 is 23.1 Å². The number of hydrogen-bond donors (Lipinski definition) is 1. The molecule has 2 heterocycles. The lowest BCUT2D eigenvalue weighted by Gasteiger charge is -2.24. The third-order valence-corrected chi connectivity index (χ3v) is 3.73. The lowest BCUT2D eigenvalue weighted by Crippen LogP contribution is -2.40. The summed E-state index contributed by atoms with van der Waals surface area (Å²) in [6.45, 7) is 0. The molecule has 0 bridgehead atoms. The molecule has 1 amide bonds. The van der Waals surface area contributed by atoms with Gasteiger partial charge in [0.2, 0.25) is 0 Å². The zero-order valence-corrected chi connectivity index (χ0v) is 14.5. The van der Waals surface area contributed by atoms with Gasteiger partial charge in [0.25, 0.3) is 11.6 Å². The third kappa shape index (κ3) is 4.46.